The summed E-state index contributed by atoms with van der Waals surface area (Å²) in [4.78, 5) is 24.9. The smallest absolute Gasteiger partial charge is 0.374 e. The van der Waals surface area contributed by atoms with E-state index in [4.69, 9.17) is 19.3 Å². The second kappa shape index (κ2) is 40.2. The van der Waals surface area contributed by atoms with Gasteiger partial charge >= 0.3 is 11.9 Å². The van der Waals surface area contributed by atoms with Gasteiger partial charge in [0, 0.05) is 6.08 Å². The molecule has 0 amide bonds. The van der Waals surface area contributed by atoms with E-state index in [0.717, 1.165) is 12.8 Å². The third kappa shape index (κ3) is 35.1. The molecule has 0 aromatic carbocycles. The van der Waals surface area contributed by atoms with Crippen molar-refractivity contribution in [2.45, 2.75) is 129 Å². The largest absolute Gasteiger partial charge is 0.484 e. The van der Waals surface area contributed by atoms with Crippen molar-refractivity contribution in [1.29, 1.82) is 0 Å². The first kappa shape index (κ1) is 50.0. The van der Waals surface area contributed by atoms with Crippen LogP contribution in [-0.2, 0) is 23.8 Å². The summed E-state index contributed by atoms with van der Waals surface area (Å²) in [6, 6.07) is 0. The Morgan fingerprint density at radius 3 is 1.44 bits per heavy atom. The third-order valence-corrected chi connectivity index (χ3v) is 7.88. The molecule has 2 unspecified atom stereocenters. The van der Waals surface area contributed by atoms with Crippen LogP contribution in [0.15, 0.2) is 121 Å². The zero-order valence-corrected chi connectivity index (χ0v) is 33.1. The number of hydrogen-bond donors (Lipinski definition) is 3. The van der Waals surface area contributed by atoms with E-state index in [2.05, 4.69) is 32.1 Å². The molecule has 8 heteroatoms. The molecule has 0 aromatic rings. The number of ether oxygens (including phenoxy) is 3. The molecule has 0 heterocycles. The quantitative estimate of drug-likeness (QED) is 0.0195. The number of aliphatic hydroxyl groups is 3. The molecule has 0 aliphatic carbocycles. The van der Waals surface area contributed by atoms with E-state index in [0.29, 0.717) is 0 Å². The van der Waals surface area contributed by atoms with Crippen LogP contribution in [0.1, 0.15) is 117 Å². The predicted octanol–water partition coefficient (Wildman–Crippen LogP) is 9.97. The summed E-state index contributed by atoms with van der Waals surface area (Å²) in [6.45, 7) is 2.59. The fourth-order valence-corrected chi connectivity index (χ4v) is 4.74. The number of hydrogen-bond acceptors (Lipinski definition) is 8. The first-order chi connectivity index (χ1) is 26.5. The van der Waals surface area contributed by atoms with Crippen molar-refractivity contribution in [2.24, 2.45) is 0 Å². The van der Waals surface area contributed by atoms with E-state index in [1.165, 1.54) is 108 Å². The molecule has 0 rings (SSSR count). The summed E-state index contributed by atoms with van der Waals surface area (Å²) in [6.07, 6.45) is 52.3. The molecular formula is C46H70O8. The second-order valence-electron chi connectivity index (χ2n) is 12.9. The van der Waals surface area contributed by atoms with Gasteiger partial charge in [0.25, 0.3) is 0 Å². The van der Waals surface area contributed by atoms with Gasteiger partial charge in [-0.15, -0.1) is 0 Å². The van der Waals surface area contributed by atoms with Gasteiger partial charge in [0.05, 0.1) is 13.2 Å². The molecule has 0 spiro atoms. The maximum absolute atomic E-state index is 12.8. The maximum atomic E-state index is 12.8. The van der Waals surface area contributed by atoms with Gasteiger partial charge in [-0.25, -0.2) is 9.59 Å². The lowest BCUT2D eigenvalue weighted by atomic mass is 10.1. The van der Waals surface area contributed by atoms with Crippen LogP contribution in [0, 0.1) is 0 Å². The summed E-state index contributed by atoms with van der Waals surface area (Å²) in [5.74, 6) is -1.86. The van der Waals surface area contributed by atoms with Crippen molar-refractivity contribution in [2.75, 3.05) is 26.4 Å². The van der Waals surface area contributed by atoms with Gasteiger partial charge in [0.1, 0.15) is 19.3 Å². The molecule has 0 saturated heterocycles. The van der Waals surface area contributed by atoms with Gasteiger partial charge < -0.3 is 29.5 Å². The molecule has 0 bridgehead atoms. The molecular weight excluding hydrogens is 680 g/mol. The van der Waals surface area contributed by atoms with Crippen molar-refractivity contribution in [3.63, 3.8) is 0 Å². The van der Waals surface area contributed by atoms with Gasteiger partial charge in [-0.05, 0) is 31.8 Å². The number of esters is 2. The Balaban J connectivity index is 4.65. The monoisotopic (exact) mass is 751 g/mol. The highest BCUT2D eigenvalue weighted by molar-refractivity contribution is 5.87. The average Bonchev–Trinajstić information content (AvgIpc) is 3.18. The van der Waals surface area contributed by atoms with Crippen LogP contribution in [0.5, 0.6) is 0 Å². The molecule has 0 fully saturated rings. The Labute approximate surface area is 326 Å². The average molecular weight is 751 g/mol. The van der Waals surface area contributed by atoms with Crippen LogP contribution in [0.3, 0.4) is 0 Å². The highest BCUT2D eigenvalue weighted by Gasteiger charge is 2.20. The number of rotatable bonds is 34. The van der Waals surface area contributed by atoms with E-state index in [1.54, 1.807) is 30.4 Å². The van der Waals surface area contributed by atoms with E-state index < -0.39 is 37.4 Å². The molecule has 54 heavy (non-hydrogen) atoms. The number of aliphatic hydroxyl groups excluding tert-OH is 3. The Hall–Kier alpha value is -3.98. The molecule has 8 nitrogen and oxygen atoms in total. The van der Waals surface area contributed by atoms with Crippen LogP contribution in [-0.4, -0.2) is 65.9 Å². The zero-order chi connectivity index (χ0) is 39.6. The molecule has 2 atom stereocenters. The molecule has 3 N–H and O–H groups in total. The number of allylic oxidation sites excluding steroid dienone is 18. The van der Waals surface area contributed by atoms with E-state index in [1.807, 2.05) is 48.6 Å². The number of carbonyl (C=O) groups is 2. The molecule has 0 aromatic heterocycles. The Kier molecular flexibility index (Phi) is 37.2. The van der Waals surface area contributed by atoms with Crippen molar-refractivity contribution in [3.05, 3.63) is 121 Å². The summed E-state index contributed by atoms with van der Waals surface area (Å²) in [5, 5.41) is 28.5. The van der Waals surface area contributed by atoms with Crippen molar-refractivity contribution in [1.82, 2.24) is 0 Å². The Morgan fingerprint density at radius 2 is 0.963 bits per heavy atom. The fraction of sp³-hybridized carbons (Fsp3) is 0.522. The summed E-state index contributed by atoms with van der Waals surface area (Å²) >= 11 is 0. The lowest BCUT2D eigenvalue weighted by Gasteiger charge is -2.17. The lowest BCUT2D eigenvalue weighted by molar-refractivity contribution is -0.159. The predicted molar refractivity (Wildman–Crippen MR) is 223 cm³/mol. The minimum Gasteiger partial charge on any atom is -0.484 e. The highest BCUT2D eigenvalue weighted by Crippen LogP contribution is 2.10. The van der Waals surface area contributed by atoms with Crippen LogP contribution in [0.4, 0.5) is 0 Å². The van der Waals surface area contributed by atoms with Crippen LogP contribution in [0.2, 0.25) is 0 Å². The Bertz CT molecular complexity index is 1210. The van der Waals surface area contributed by atoms with Crippen LogP contribution >= 0.6 is 0 Å². The van der Waals surface area contributed by atoms with Gasteiger partial charge in [0.2, 0.25) is 5.76 Å². The third-order valence-electron chi connectivity index (χ3n) is 7.88. The van der Waals surface area contributed by atoms with E-state index in [-0.39, 0.29) is 19.0 Å². The van der Waals surface area contributed by atoms with Crippen LogP contribution < -0.4 is 0 Å². The summed E-state index contributed by atoms with van der Waals surface area (Å²) < 4.78 is 15.7. The minimum atomic E-state index is -1.21. The second-order valence-corrected chi connectivity index (χ2v) is 12.9. The van der Waals surface area contributed by atoms with E-state index in [9.17, 15) is 19.8 Å². The summed E-state index contributed by atoms with van der Waals surface area (Å²) in [5.41, 5.74) is 0. The first-order valence-corrected chi connectivity index (χ1v) is 20.1. The van der Waals surface area contributed by atoms with Gasteiger partial charge in [-0.1, -0.05) is 194 Å². The lowest BCUT2D eigenvalue weighted by Crippen LogP contribution is -2.30. The van der Waals surface area contributed by atoms with Gasteiger partial charge in [-0.3, -0.25) is 0 Å². The molecule has 302 valence electrons. The van der Waals surface area contributed by atoms with Gasteiger partial charge in [-0.2, -0.15) is 0 Å². The van der Waals surface area contributed by atoms with Crippen molar-refractivity contribution >= 4 is 11.9 Å². The normalized spacial score (nSPS) is 14.2. The highest BCUT2D eigenvalue weighted by atomic mass is 16.6. The standard InChI is InChI=1S/C46H70O8/c1-3-5-7-9-11-13-15-17-19-21-23-25-27-29-31-33-35-37-45(50)53-41-43(39-48)54-46(51)44(52-40-42(49)38-47)36-34-32-30-28-26-24-22-20-18-16-14-12-10-8-6-4-2/h19-37,42-43,47-49H,3-18,38-41H2,1-2H3. The molecule has 0 saturated carbocycles. The summed E-state index contributed by atoms with van der Waals surface area (Å²) in [7, 11) is 0. The molecule has 0 aliphatic rings. The first-order valence-electron chi connectivity index (χ1n) is 20.1. The van der Waals surface area contributed by atoms with Gasteiger partial charge in [0.15, 0.2) is 6.10 Å². The zero-order valence-electron chi connectivity index (χ0n) is 33.1. The maximum Gasteiger partial charge on any atom is 0.374 e. The van der Waals surface area contributed by atoms with Crippen LogP contribution in [0.25, 0.3) is 0 Å². The topological polar surface area (TPSA) is 123 Å². The Morgan fingerprint density at radius 1 is 0.519 bits per heavy atom. The van der Waals surface area contributed by atoms with E-state index >= 15 is 0 Å². The number of unbranched alkanes of at least 4 members (excludes halogenated alkanes) is 14. The molecule has 0 aliphatic heterocycles. The van der Waals surface area contributed by atoms with Crippen molar-refractivity contribution in [3.8, 4) is 0 Å². The van der Waals surface area contributed by atoms with Crippen molar-refractivity contribution < 1.29 is 39.1 Å². The molecule has 0 radical (unpaired) electrons. The fourth-order valence-electron chi connectivity index (χ4n) is 4.74. The number of carbonyl (C=O) groups excluding carboxylic acids is 2. The SMILES string of the molecule is CCCCCCCCCC=CC=CC=CC=CC=CC(=O)OCC(CO)OC(=O)C(=CC=CC=CC=CC=CCCCCCCCCC)OCC(O)CO. The minimum absolute atomic E-state index is 0.256.